The molecule has 3 N–H and O–H groups in total. The van der Waals surface area contributed by atoms with Gasteiger partial charge in [-0.3, -0.25) is 9.59 Å². The fourth-order valence-electron chi connectivity index (χ4n) is 3.76. The molecule has 0 saturated carbocycles. The van der Waals surface area contributed by atoms with Crippen molar-refractivity contribution in [3.05, 3.63) is 88.4 Å². The highest BCUT2D eigenvalue weighted by Crippen LogP contribution is 2.39. The van der Waals surface area contributed by atoms with Crippen LogP contribution in [0.1, 0.15) is 16.7 Å². The van der Waals surface area contributed by atoms with E-state index < -0.39 is 5.97 Å². The van der Waals surface area contributed by atoms with Gasteiger partial charge in [-0.25, -0.2) is 0 Å². The molecule has 3 aromatic carbocycles. The molecule has 0 unspecified atom stereocenters. The van der Waals surface area contributed by atoms with Crippen molar-refractivity contribution in [1.29, 1.82) is 0 Å². The van der Waals surface area contributed by atoms with Crippen LogP contribution in [0.2, 0.25) is 5.02 Å². The van der Waals surface area contributed by atoms with Crippen LogP contribution in [0.5, 0.6) is 5.75 Å². The zero-order chi connectivity index (χ0) is 24.9. The summed E-state index contributed by atoms with van der Waals surface area (Å²) < 4.78 is 5.77. The number of halogens is 1. The van der Waals surface area contributed by atoms with E-state index in [0.29, 0.717) is 34.2 Å². The van der Waals surface area contributed by atoms with Crippen LogP contribution in [0, 0.1) is 0 Å². The molecule has 0 fully saturated rings. The highest BCUT2D eigenvalue weighted by Gasteiger charge is 2.28. The first-order valence-electron chi connectivity index (χ1n) is 11.1. The number of ether oxygens (including phenoxy) is 1. The molecule has 0 spiro atoms. The predicted octanol–water partition coefficient (Wildman–Crippen LogP) is 4.84. The van der Waals surface area contributed by atoms with E-state index >= 15 is 0 Å². The number of fused-ring (bicyclic) bond motifs is 1. The Morgan fingerprint density at radius 3 is 2.43 bits per heavy atom. The third-order valence-corrected chi connectivity index (χ3v) is 5.74. The number of nitrogens with one attached hydrogen (secondary N) is 2. The lowest BCUT2D eigenvalue weighted by Gasteiger charge is -2.16. The highest BCUT2D eigenvalue weighted by molar-refractivity contribution is 6.38. The van der Waals surface area contributed by atoms with E-state index in [0.717, 1.165) is 29.1 Å². The Morgan fingerprint density at radius 2 is 1.77 bits per heavy atom. The maximum atomic E-state index is 13.0. The normalized spacial score (nSPS) is 13.9. The molecule has 0 atom stereocenters. The number of benzene rings is 3. The van der Waals surface area contributed by atoms with Gasteiger partial charge in [0.05, 0.1) is 23.4 Å². The molecule has 1 amide bonds. The summed E-state index contributed by atoms with van der Waals surface area (Å²) >= 11 is 6.13. The van der Waals surface area contributed by atoms with Gasteiger partial charge in [-0.15, -0.1) is 0 Å². The molecular formula is C27H26ClN3O4. The molecule has 3 aromatic rings. The number of nitrogens with zero attached hydrogens (tertiary/aromatic N) is 1. The monoisotopic (exact) mass is 491 g/mol. The minimum atomic E-state index is -0.900. The molecule has 35 heavy (non-hydrogen) atoms. The van der Waals surface area contributed by atoms with Gasteiger partial charge in [0.2, 0.25) is 0 Å². The Balaban J connectivity index is 1.69. The van der Waals surface area contributed by atoms with E-state index in [2.05, 4.69) is 10.6 Å². The number of anilines is 2. The Hall–Kier alpha value is -3.81. The third kappa shape index (κ3) is 6.01. The number of carbonyl (C=O) groups excluding carboxylic acids is 1. The lowest BCUT2D eigenvalue weighted by atomic mass is 9.98. The van der Waals surface area contributed by atoms with Gasteiger partial charge in [-0.05, 0) is 61.6 Å². The Morgan fingerprint density at radius 1 is 1.06 bits per heavy atom. The van der Waals surface area contributed by atoms with E-state index in [1.807, 2.05) is 61.5 Å². The molecule has 8 heteroatoms. The maximum absolute atomic E-state index is 13.0. The molecule has 1 heterocycles. The lowest BCUT2D eigenvalue weighted by molar-refractivity contribution is -0.136. The van der Waals surface area contributed by atoms with Crippen molar-refractivity contribution in [2.45, 2.75) is 6.42 Å². The Labute approximate surface area is 209 Å². The summed E-state index contributed by atoms with van der Waals surface area (Å²) in [6.45, 7) is 1.39. The first kappa shape index (κ1) is 24.3. The third-order valence-electron chi connectivity index (χ3n) is 5.51. The number of aliphatic carboxylic acids is 1. The van der Waals surface area contributed by atoms with Gasteiger partial charge >= 0.3 is 5.97 Å². The molecule has 1 aliphatic heterocycles. The van der Waals surface area contributed by atoms with Crippen molar-refractivity contribution in [1.82, 2.24) is 4.90 Å². The van der Waals surface area contributed by atoms with Crippen LogP contribution < -0.4 is 15.4 Å². The largest absolute Gasteiger partial charge is 0.492 e. The van der Waals surface area contributed by atoms with Crippen molar-refractivity contribution in [2.75, 3.05) is 37.9 Å². The van der Waals surface area contributed by atoms with Crippen LogP contribution in [-0.4, -0.2) is 49.1 Å². The first-order chi connectivity index (χ1) is 16.8. The highest BCUT2D eigenvalue weighted by atomic mass is 35.5. The Bertz CT molecular complexity index is 1270. The zero-order valence-corrected chi connectivity index (χ0v) is 20.2. The van der Waals surface area contributed by atoms with Crippen LogP contribution in [0.4, 0.5) is 11.4 Å². The molecule has 1 aliphatic rings. The van der Waals surface area contributed by atoms with Crippen LogP contribution in [0.25, 0.3) is 11.3 Å². The van der Waals surface area contributed by atoms with Crippen LogP contribution >= 0.6 is 11.6 Å². The molecular weight excluding hydrogens is 466 g/mol. The Kier molecular flexibility index (Phi) is 7.39. The second kappa shape index (κ2) is 10.6. The second-order valence-corrected chi connectivity index (χ2v) is 8.90. The quantitative estimate of drug-likeness (QED) is 0.371. The summed E-state index contributed by atoms with van der Waals surface area (Å²) in [5.74, 6) is -0.394. The number of carboxylic acid groups (broad SMARTS) is 1. The van der Waals surface area contributed by atoms with E-state index in [-0.39, 0.29) is 12.3 Å². The van der Waals surface area contributed by atoms with Gasteiger partial charge in [-0.2, -0.15) is 0 Å². The minimum Gasteiger partial charge on any atom is -0.492 e. The molecule has 0 bridgehead atoms. The van der Waals surface area contributed by atoms with Crippen LogP contribution in [0.15, 0.2) is 66.7 Å². The van der Waals surface area contributed by atoms with E-state index in [1.54, 1.807) is 24.3 Å². The summed E-state index contributed by atoms with van der Waals surface area (Å²) in [6, 6.07) is 19.9. The molecule has 0 aromatic heterocycles. The van der Waals surface area contributed by atoms with Crippen molar-refractivity contribution >= 4 is 46.1 Å². The van der Waals surface area contributed by atoms with Gasteiger partial charge in [0.1, 0.15) is 12.4 Å². The number of amides is 1. The average Bonchev–Trinajstić information content (AvgIpc) is 3.13. The maximum Gasteiger partial charge on any atom is 0.307 e. The minimum absolute atomic E-state index is 0.0727. The lowest BCUT2D eigenvalue weighted by Crippen LogP contribution is -2.19. The standard InChI is InChI=1S/C27H26ClN3O4/c1-31(2)13-14-35-21-10-8-20(9-11-21)29-26(18-5-3-17(4-6-18)15-24(32)33)25-22-12-7-19(28)16-23(22)30-27(25)34/h3-12,16,29H,13-15H2,1-2H3,(H,30,34)(H,32,33). The molecule has 0 saturated heterocycles. The molecule has 0 aliphatic carbocycles. The van der Waals surface area contributed by atoms with E-state index in [1.165, 1.54) is 0 Å². The van der Waals surface area contributed by atoms with Gasteiger partial charge < -0.3 is 25.4 Å². The average molecular weight is 492 g/mol. The summed E-state index contributed by atoms with van der Waals surface area (Å²) in [5.41, 5.74) is 4.66. The van der Waals surface area contributed by atoms with Crippen molar-refractivity contribution in [2.24, 2.45) is 0 Å². The van der Waals surface area contributed by atoms with Crippen LogP contribution in [0.3, 0.4) is 0 Å². The topological polar surface area (TPSA) is 90.9 Å². The van der Waals surface area contributed by atoms with Crippen LogP contribution in [-0.2, 0) is 16.0 Å². The number of carboxylic acids is 1. The van der Waals surface area contributed by atoms with Gasteiger partial charge in [-0.1, -0.05) is 41.9 Å². The number of likely N-dealkylation sites (N-methyl/N-ethyl adjacent to an activating group) is 1. The van der Waals surface area contributed by atoms with Gasteiger partial charge in [0.15, 0.2) is 0 Å². The summed E-state index contributed by atoms with van der Waals surface area (Å²) in [6.07, 6.45) is -0.0727. The smallest absolute Gasteiger partial charge is 0.307 e. The zero-order valence-electron chi connectivity index (χ0n) is 19.5. The summed E-state index contributed by atoms with van der Waals surface area (Å²) in [7, 11) is 3.98. The summed E-state index contributed by atoms with van der Waals surface area (Å²) in [5, 5.41) is 15.9. The molecule has 0 radical (unpaired) electrons. The SMILES string of the molecule is CN(C)CCOc1ccc(NC(=C2C(=O)Nc3cc(Cl)ccc32)c2ccc(CC(=O)O)cc2)cc1. The predicted molar refractivity (Wildman–Crippen MR) is 139 cm³/mol. The molecule has 7 nitrogen and oxygen atoms in total. The fraction of sp³-hybridized carbons (Fsp3) is 0.185. The van der Waals surface area contributed by atoms with Crippen molar-refractivity contribution in [3.63, 3.8) is 0 Å². The van der Waals surface area contributed by atoms with Crippen molar-refractivity contribution < 1.29 is 19.4 Å². The molecule has 180 valence electrons. The first-order valence-corrected chi connectivity index (χ1v) is 11.5. The number of carbonyl (C=O) groups is 2. The number of rotatable bonds is 9. The van der Waals surface area contributed by atoms with E-state index in [4.69, 9.17) is 21.4 Å². The van der Waals surface area contributed by atoms with E-state index in [9.17, 15) is 9.59 Å². The van der Waals surface area contributed by atoms with Gasteiger partial charge in [0, 0.05) is 22.8 Å². The summed E-state index contributed by atoms with van der Waals surface area (Å²) in [4.78, 5) is 26.2. The van der Waals surface area contributed by atoms with Gasteiger partial charge in [0.25, 0.3) is 5.91 Å². The second-order valence-electron chi connectivity index (χ2n) is 8.46. The molecule has 4 rings (SSSR count). The van der Waals surface area contributed by atoms with Crippen molar-refractivity contribution in [3.8, 4) is 5.75 Å². The fourth-order valence-corrected chi connectivity index (χ4v) is 3.93. The number of hydrogen-bond acceptors (Lipinski definition) is 5. The number of hydrogen-bond donors (Lipinski definition) is 3.